The van der Waals surface area contributed by atoms with Crippen molar-refractivity contribution in [1.29, 1.82) is 0 Å². The zero-order valence-corrected chi connectivity index (χ0v) is 13.5. The zero-order valence-electron chi connectivity index (χ0n) is 11.9. The highest BCUT2D eigenvalue weighted by molar-refractivity contribution is 9.10. The SMILES string of the molecule is CC(C)N(Cc1ccc(N)cc1)Cc1cncc(Br)c1. The predicted molar refractivity (Wildman–Crippen MR) is 87.2 cm³/mol. The van der Waals surface area contributed by atoms with E-state index in [4.69, 9.17) is 5.73 Å². The van der Waals surface area contributed by atoms with E-state index in [0.717, 1.165) is 23.2 Å². The molecule has 0 amide bonds. The van der Waals surface area contributed by atoms with Gasteiger partial charge in [0.2, 0.25) is 0 Å². The first-order valence-corrected chi connectivity index (χ1v) is 7.52. The lowest BCUT2D eigenvalue weighted by molar-refractivity contribution is 0.203. The summed E-state index contributed by atoms with van der Waals surface area (Å²) in [6, 6.07) is 10.7. The van der Waals surface area contributed by atoms with Gasteiger partial charge in [-0.1, -0.05) is 12.1 Å². The Kier molecular flexibility index (Phi) is 5.15. The van der Waals surface area contributed by atoms with Crippen molar-refractivity contribution in [3.05, 3.63) is 58.3 Å². The minimum Gasteiger partial charge on any atom is -0.399 e. The van der Waals surface area contributed by atoms with Gasteiger partial charge in [0.1, 0.15) is 0 Å². The van der Waals surface area contributed by atoms with Crippen molar-refractivity contribution in [3.63, 3.8) is 0 Å². The first-order valence-electron chi connectivity index (χ1n) is 6.72. The highest BCUT2D eigenvalue weighted by Gasteiger charge is 2.11. The van der Waals surface area contributed by atoms with Gasteiger partial charge in [-0.15, -0.1) is 0 Å². The number of rotatable bonds is 5. The molecule has 0 aliphatic heterocycles. The van der Waals surface area contributed by atoms with Crippen LogP contribution in [0.2, 0.25) is 0 Å². The molecular formula is C16H20BrN3. The van der Waals surface area contributed by atoms with E-state index in [1.165, 1.54) is 11.1 Å². The average Bonchev–Trinajstić information content (AvgIpc) is 2.40. The van der Waals surface area contributed by atoms with Crippen LogP contribution in [0.5, 0.6) is 0 Å². The third-order valence-electron chi connectivity index (χ3n) is 3.24. The van der Waals surface area contributed by atoms with Gasteiger partial charge < -0.3 is 5.73 Å². The Labute approximate surface area is 129 Å². The van der Waals surface area contributed by atoms with E-state index >= 15 is 0 Å². The first-order chi connectivity index (χ1) is 9.54. The second-order valence-corrected chi connectivity index (χ2v) is 6.17. The number of hydrogen-bond donors (Lipinski definition) is 1. The Morgan fingerprint density at radius 1 is 1.10 bits per heavy atom. The molecule has 2 aromatic rings. The lowest BCUT2D eigenvalue weighted by Gasteiger charge is -2.26. The molecule has 2 rings (SSSR count). The maximum atomic E-state index is 5.73. The monoisotopic (exact) mass is 333 g/mol. The van der Waals surface area contributed by atoms with Crippen molar-refractivity contribution in [1.82, 2.24) is 9.88 Å². The molecule has 3 nitrogen and oxygen atoms in total. The van der Waals surface area contributed by atoms with E-state index in [2.05, 4.69) is 57.9 Å². The fraction of sp³-hybridized carbons (Fsp3) is 0.312. The van der Waals surface area contributed by atoms with Crippen LogP contribution in [0.1, 0.15) is 25.0 Å². The van der Waals surface area contributed by atoms with Crippen molar-refractivity contribution >= 4 is 21.6 Å². The number of nitrogen functional groups attached to an aromatic ring is 1. The highest BCUT2D eigenvalue weighted by Crippen LogP contribution is 2.16. The fourth-order valence-corrected chi connectivity index (χ4v) is 2.47. The number of aromatic nitrogens is 1. The number of hydrogen-bond acceptors (Lipinski definition) is 3. The summed E-state index contributed by atoms with van der Waals surface area (Å²) < 4.78 is 1.02. The van der Waals surface area contributed by atoms with Gasteiger partial charge in [-0.2, -0.15) is 0 Å². The van der Waals surface area contributed by atoms with Gasteiger partial charge >= 0.3 is 0 Å². The Balaban J connectivity index is 2.09. The Hall–Kier alpha value is -1.39. The van der Waals surface area contributed by atoms with Crippen molar-refractivity contribution in [3.8, 4) is 0 Å². The summed E-state index contributed by atoms with van der Waals surface area (Å²) in [6.45, 7) is 6.21. The van der Waals surface area contributed by atoms with Gasteiger partial charge in [0.25, 0.3) is 0 Å². The molecule has 2 N–H and O–H groups in total. The molecule has 0 spiro atoms. The molecule has 0 fully saturated rings. The van der Waals surface area contributed by atoms with E-state index in [1.54, 1.807) is 0 Å². The maximum Gasteiger partial charge on any atom is 0.0410 e. The quantitative estimate of drug-likeness (QED) is 0.845. The molecule has 1 aromatic carbocycles. The third kappa shape index (κ3) is 4.32. The van der Waals surface area contributed by atoms with Crippen molar-refractivity contribution in [2.24, 2.45) is 0 Å². The molecule has 1 aromatic heterocycles. The molecular weight excluding hydrogens is 314 g/mol. The minimum atomic E-state index is 0.464. The number of benzene rings is 1. The van der Waals surface area contributed by atoms with Gasteiger partial charge in [0.05, 0.1) is 0 Å². The molecule has 0 unspecified atom stereocenters. The summed E-state index contributed by atoms with van der Waals surface area (Å²) in [4.78, 5) is 6.64. The van der Waals surface area contributed by atoms with Gasteiger partial charge in [-0.05, 0) is 59.1 Å². The molecule has 106 valence electrons. The lowest BCUT2D eigenvalue weighted by Crippen LogP contribution is -2.29. The standard InChI is InChI=1S/C16H20BrN3/c1-12(2)20(10-13-3-5-16(18)6-4-13)11-14-7-15(17)9-19-8-14/h3-9,12H,10-11,18H2,1-2H3. The summed E-state index contributed by atoms with van der Waals surface area (Å²) in [6.07, 6.45) is 3.73. The summed E-state index contributed by atoms with van der Waals surface area (Å²) >= 11 is 3.47. The van der Waals surface area contributed by atoms with Crippen LogP contribution < -0.4 is 5.73 Å². The molecule has 0 saturated heterocycles. The van der Waals surface area contributed by atoms with Gasteiger partial charge in [-0.25, -0.2) is 0 Å². The van der Waals surface area contributed by atoms with Crippen LogP contribution in [0.3, 0.4) is 0 Å². The van der Waals surface area contributed by atoms with Crippen LogP contribution >= 0.6 is 15.9 Å². The fourth-order valence-electron chi connectivity index (χ4n) is 2.06. The van der Waals surface area contributed by atoms with Crippen molar-refractivity contribution in [2.45, 2.75) is 33.0 Å². The summed E-state index contributed by atoms with van der Waals surface area (Å²) in [5.41, 5.74) is 9.02. The number of halogens is 1. The smallest absolute Gasteiger partial charge is 0.0410 e. The van der Waals surface area contributed by atoms with Crippen LogP contribution in [-0.2, 0) is 13.1 Å². The number of anilines is 1. The Morgan fingerprint density at radius 3 is 2.35 bits per heavy atom. The van der Waals surface area contributed by atoms with Gasteiger partial charge in [0, 0.05) is 41.7 Å². The van der Waals surface area contributed by atoms with Crippen LogP contribution in [0.15, 0.2) is 47.2 Å². The van der Waals surface area contributed by atoms with Crippen LogP contribution in [0.25, 0.3) is 0 Å². The topological polar surface area (TPSA) is 42.1 Å². The molecule has 0 atom stereocenters. The number of pyridine rings is 1. The summed E-state index contributed by atoms with van der Waals surface area (Å²) in [7, 11) is 0. The van der Waals surface area contributed by atoms with Crippen LogP contribution in [0.4, 0.5) is 5.69 Å². The molecule has 20 heavy (non-hydrogen) atoms. The highest BCUT2D eigenvalue weighted by atomic mass is 79.9. The molecule has 0 aliphatic carbocycles. The summed E-state index contributed by atoms with van der Waals surface area (Å²) in [5.74, 6) is 0. The van der Waals surface area contributed by atoms with E-state index < -0.39 is 0 Å². The minimum absolute atomic E-state index is 0.464. The van der Waals surface area contributed by atoms with Gasteiger partial charge in [0.15, 0.2) is 0 Å². The first kappa shape index (κ1) is 15.0. The second kappa shape index (κ2) is 6.86. The molecule has 0 aliphatic rings. The van der Waals surface area contributed by atoms with Gasteiger partial charge in [-0.3, -0.25) is 9.88 Å². The molecule has 0 saturated carbocycles. The second-order valence-electron chi connectivity index (χ2n) is 5.25. The normalized spacial score (nSPS) is 11.2. The molecule has 4 heteroatoms. The van der Waals surface area contributed by atoms with E-state index in [-0.39, 0.29) is 0 Å². The molecule has 1 heterocycles. The van der Waals surface area contributed by atoms with Crippen molar-refractivity contribution < 1.29 is 0 Å². The summed E-state index contributed by atoms with van der Waals surface area (Å²) in [5, 5.41) is 0. The van der Waals surface area contributed by atoms with Crippen LogP contribution in [-0.4, -0.2) is 15.9 Å². The molecule has 0 bridgehead atoms. The van der Waals surface area contributed by atoms with E-state index in [1.807, 2.05) is 24.5 Å². The number of nitrogens with two attached hydrogens (primary N) is 1. The van der Waals surface area contributed by atoms with E-state index in [9.17, 15) is 0 Å². The maximum absolute atomic E-state index is 5.73. The van der Waals surface area contributed by atoms with Crippen LogP contribution in [0, 0.1) is 0 Å². The average molecular weight is 334 g/mol. The van der Waals surface area contributed by atoms with E-state index in [0.29, 0.717) is 6.04 Å². The Morgan fingerprint density at radius 2 is 1.75 bits per heavy atom. The predicted octanol–water partition coefficient (Wildman–Crippen LogP) is 3.84. The van der Waals surface area contributed by atoms with Crippen molar-refractivity contribution in [2.75, 3.05) is 5.73 Å². The zero-order chi connectivity index (χ0) is 14.5. The Bertz CT molecular complexity index is 552. The lowest BCUT2D eigenvalue weighted by atomic mass is 10.1. The molecule has 0 radical (unpaired) electrons. The number of nitrogens with zero attached hydrogens (tertiary/aromatic N) is 2. The largest absolute Gasteiger partial charge is 0.399 e. The third-order valence-corrected chi connectivity index (χ3v) is 3.68.